The molecule has 1 aromatic rings. The normalized spacial score (nSPS) is 23.9. The summed E-state index contributed by atoms with van der Waals surface area (Å²) in [7, 11) is 0. The number of hydrogen-bond acceptors (Lipinski definition) is 3. The van der Waals surface area contributed by atoms with Crippen LogP contribution < -0.4 is 0 Å². The third kappa shape index (κ3) is 3.38. The van der Waals surface area contributed by atoms with Gasteiger partial charge in [0.05, 0.1) is 0 Å². The molecule has 1 atom stereocenters. The molecule has 150 valence electrons. The van der Waals surface area contributed by atoms with Gasteiger partial charge in [-0.15, -0.1) is 0 Å². The number of nitrogens with zero attached hydrogens (tertiary/aromatic N) is 2. The smallest absolute Gasteiger partial charge is 0.326 e. The van der Waals surface area contributed by atoms with E-state index < -0.39 is 23.7 Å². The van der Waals surface area contributed by atoms with Gasteiger partial charge in [0.2, 0.25) is 5.91 Å². The summed E-state index contributed by atoms with van der Waals surface area (Å²) in [6.45, 7) is 3.28. The molecule has 3 fully saturated rings. The maximum atomic E-state index is 13.7. The second-order valence-electron chi connectivity index (χ2n) is 8.55. The molecule has 0 aromatic heterocycles. The van der Waals surface area contributed by atoms with Gasteiger partial charge in [-0.25, -0.2) is 9.18 Å². The molecule has 0 unspecified atom stereocenters. The topological polar surface area (TPSA) is 77.9 Å². The highest BCUT2D eigenvalue weighted by molar-refractivity contribution is 5.98. The van der Waals surface area contributed by atoms with E-state index in [0.717, 1.165) is 12.8 Å². The Morgan fingerprint density at radius 2 is 1.86 bits per heavy atom. The van der Waals surface area contributed by atoms with Gasteiger partial charge in [-0.3, -0.25) is 9.59 Å². The summed E-state index contributed by atoms with van der Waals surface area (Å²) in [5, 5.41) is 9.71. The predicted octanol–water partition coefficient (Wildman–Crippen LogP) is 2.45. The Hall–Kier alpha value is -2.44. The highest BCUT2D eigenvalue weighted by Crippen LogP contribution is 2.45. The molecule has 4 rings (SSSR count). The van der Waals surface area contributed by atoms with Gasteiger partial charge in [-0.05, 0) is 62.1 Å². The van der Waals surface area contributed by atoms with E-state index in [-0.39, 0.29) is 22.8 Å². The molecule has 1 N–H and O–H groups in total. The van der Waals surface area contributed by atoms with Gasteiger partial charge in [-0.1, -0.05) is 6.07 Å². The highest BCUT2D eigenvalue weighted by atomic mass is 19.1. The van der Waals surface area contributed by atoms with Crippen molar-refractivity contribution >= 4 is 17.8 Å². The molecule has 0 bridgehead atoms. The van der Waals surface area contributed by atoms with Crippen LogP contribution in [0.2, 0.25) is 0 Å². The number of aryl methyl sites for hydroxylation is 1. The lowest BCUT2D eigenvalue weighted by Gasteiger charge is -2.39. The fraction of sp³-hybridized carbons (Fsp3) is 0.571. The van der Waals surface area contributed by atoms with E-state index in [4.69, 9.17) is 0 Å². The second kappa shape index (κ2) is 6.87. The van der Waals surface area contributed by atoms with Crippen LogP contribution in [0.3, 0.4) is 0 Å². The Bertz CT molecular complexity index is 828. The van der Waals surface area contributed by atoms with Gasteiger partial charge in [0.25, 0.3) is 5.91 Å². The van der Waals surface area contributed by atoms with Crippen molar-refractivity contribution in [2.45, 2.75) is 45.1 Å². The van der Waals surface area contributed by atoms with E-state index in [1.165, 1.54) is 23.1 Å². The first-order valence-electron chi connectivity index (χ1n) is 9.88. The van der Waals surface area contributed by atoms with Crippen molar-refractivity contribution in [1.29, 1.82) is 0 Å². The minimum atomic E-state index is -1.03. The van der Waals surface area contributed by atoms with E-state index in [1.54, 1.807) is 6.92 Å². The van der Waals surface area contributed by atoms with Crippen molar-refractivity contribution in [2.75, 3.05) is 19.6 Å². The van der Waals surface area contributed by atoms with Gasteiger partial charge in [0, 0.05) is 31.1 Å². The maximum absolute atomic E-state index is 13.7. The van der Waals surface area contributed by atoms with Crippen molar-refractivity contribution in [1.82, 2.24) is 9.80 Å². The number of carboxylic acid groups (broad SMARTS) is 1. The lowest BCUT2D eigenvalue weighted by atomic mass is 9.76. The minimum Gasteiger partial charge on any atom is -0.480 e. The van der Waals surface area contributed by atoms with Crippen LogP contribution in [0.1, 0.15) is 48.0 Å². The number of carboxylic acids is 1. The molecule has 3 aliphatic rings. The van der Waals surface area contributed by atoms with Crippen LogP contribution in [0.25, 0.3) is 0 Å². The molecule has 28 heavy (non-hydrogen) atoms. The number of hydrogen-bond donors (Lipinski definition) is 1. The van der Waals surface area contributed by atoms with Crippen LogP contribution in [-0.2, 0) is 9.59 Å². The number of carbonyl (C=O) groups is 3. The first-order valence-corrected chi connectivity index (χ1v) is 9.88. The van der Waals surface area contributed by atoms with Crippen molar-refractivity contribution in [3.05, 3.63) is 35.1 Å². The van der Waals surface area contributed by atoms with Crippen LogP contribution in [0.5, 0.6) is 0 Å². The van der Waals surface area contributed by atoms with Crippen molar-refractivity contribution in [2.24, 2.45) is 11.3 Å². The van der Waals surface area contributed by atoms with Gasteiger partial charge in [0.15, 0.2) is 0 Å². The quantitative estimate of drug-likeness (QED) is 0.863. The molecule has 2 heterocycles. The number of carbonyl (C=O) groups excluding carboxylic acids is 2. The van der Waals surface area contributed by atoms with Crippen LogP contribution in [0.15, 0.2) is 18.2 Å². The number of likely N-dealkylation sites (tertiary alicyclic amines) is 2. The summed E-state index contributed by atoms with van der Waals surface area (Å²) in [5.74, 6) is -1.58. The number of rotatable bonds is 3. The van der Waals surface area contributed by atoms with E-state index in [0.29, 0.717) is 44.5 Å². The minimum absolute atomic E-state index is 0.179. The van der Waals surface area contributed by atoms with Crippen LogP contribution in [0.4, 0.5) is 4.39 Å². The summed E-state index contributed by atoms with van der Waals surface area (Å²) in [4.78, 5) is 40.5. The van der Waals surface area contributed by atoms with Gasteiger partial charge in [0.1, 0.15) is 11.9 Å². The van der Waals surface area contributed by atoms with Crippen molar-refractivity contribution in [3.8, 4) is 0 Å². The molecule has 1 saturated carbocycles. The summed E-state index contributed by atoms with van der Waals surface area (Å²) in [5.41, 5.74) is 0.547. The van der Waals surface area contributed by atoms with Crippen molar-refractivity contribution in [3.63, 3.8) is 0 Å². The molecule has 7 heteroatoms. The van der Waals surface area contributed by atoms with Crippen LogP contribution in [-0.4, -0.2) is 58.4 Å². The fourth-order valence-corrected chi connectivity index (χ4v) is 4.62. The SMILES string of the molecule is Cc1ccc(F)cc1C(=O)N1CC2(CCN(C(=O)C3CC3)CC2)C[C@@H]1C(=O)O. The van der Waals surface area contributed by atoms with Crippen LogP contribution >= 0.6 is 0 Å². The number of benzene rings is 1. The summed E-state index contributed by atoms with van der Waals surface area (Å²) in [6.07, 6.45) is 3.71. The third-order valence-electron chi connectivity index (χ3n) is 6.55. The molecule has 0 radical (unpaired) electrons. The molecular weight excluding hydrogens is 363 g/mol. The van der Waals surface area contributed by atoms with Gasteiger partial charge < -0.3 is 14.9 Å². The summed E-state index contributed by atoms with van der Waals surface area (Å²) < 4.78 is 13.7. The Balaban J connectivity index is 1.52. The number of aliphatic carboxylic acids is 1. The first kappa shape index (κ1) is 18.9. The molecule has 2 saturated heterocycles. The number of piperidine rings is 1. The Kier molecular flexibility index (Phi) is 4.63. The first-order chi connectivity index (χ1) is 13.3. The summed E-state index contributed by atoms with van der Waals surface area (Å²) >= 11 is 0. The molecule has 1 spiro atoms. The van der Waals surface area contributed by atoms with E-state index in [1.807, 2.05) is 4.90 Å². The lowest BCUT2D eigenvalue weighted by molar-refractivity contribution is -0.141. The average molecular weight is 388 g/mol. The van der Waals surface area contributed by atoms with Gasteiger partial charge >= 0.3 is 5.97 Å². The maximum Gasteiger partial charge on any atom is 0.326 e. The standard InChI is InChI=1S/C21H25FN2O4/c1-13-2-5-15(22)10-16(13)19(26)24-12-21(11-17(24)20(27)28)6-8-23(9-7-21)18(25)14-3-4-14/h2,5,10,14,17H,3-4,6-9,11-12H2,1H3,(H,27,28)/t17-/m1/s1. The van der Waals surface area contributed by atoms with Crippen LogP contribution in [0, 0.1) is 24.1 Å². The monoisotopic (exact) mass is 388 g/mol. The third-order valence-corrected chi connectivity index (χ3v) is 6.55. The molecule has 1 aromatic carbocycles. The van der Waals surface area contributed by atoms with Gasteiger partial charge in [-0.2, -0.15) is 0 Å². The zero-order valence-electron chi connectivity index (χ0n) is 16.0. The molecular formula is C21H25FN2O4. The number of amides is 2. The zero-order valence-corrected chi connectivity index (χ0v) is 16.0. The molecule has 2 amide bonds. The second-order valence-corrected chi connectivity index (χ2v) is 8.55. The average Bonchev–Trinajstić information content (AvgIpc) is 3.45. The van der Waals surface area contributed by atoms with Crippen molar-refractivity contribution < 1.29 is 23.9 Å². The zero-order chi connectivity index (χ0) is 20.1. The van der Waals surface area contributed by atoms with E-state index >= 15 is 0 Å². The Morgan fingerprint density at radius 1 is 1.18 bits per heavy atom. The lowest BCUT2D eigenvalue weighted by Crippen LogP contribution is -2.45. The molecule has 2 aliphatic heterocycles. The molecule has 6 nitrogen and oxygen atoms in total. The largest absolute Gasteiger partial charge is 0.480 e. The molecule has 1 aliphatic carbocycles. The Morgan fingerprint density at radius 3 is 2.46 bits per heavy atom. The van der Waals surface area contributed by atoms with E-state index in [9.17, 15) is 23.9 Å². The highest BCUT2D eigenvalue weighted by Gasteiger charge is 2.51. The van der Waals surface area contributed by atoms with E-state index in [2.05, 4.69) is 0 Å². The number of halogens is 1. The Labute approximate surface area is 163 Å². The summed E-state index contributed by atoms with van der Waals surface area (Å²) in [6, 6.07) is 3.09. The fourth-order valence-electron chi connectivity index (χ4n) is 4.62. The predicted molar refractivity (Wildman–Crippen MR) is 99.2 cm³/mol.